The highest BCUT2D eigenvalue weighted by molar-refractivity contribution is 8.00. The standard InChI is InChI=1S/C7H5NOS/c9-10-4-6-1-2-8-3-7(6)5-10/h1-5H. The Kier molecular flexibility index (Phi) is 1.17. The quantitative estimate of drug-likeness (QED) is 0.492. The molecule has 1 aromatic heterocycles. The van der Waals surface area contributed by atoms with Crippen molar-refractivity contribution >= 4 is 21.6 Å². The molecule has 1 aliphatic rings. The number of rotatable bonds is 0. The molecule has 0 amide bonds. The molecule has 50 valence electrons. The largest absolute Gasteiger partial charge is 0.264 e. The lowest BCUT2D eigenvalue weighted by molar-refractivity contribution is 0.695. The van der Waals surface area contributed by atoms with Gasteiger partial charge in [-0.2, -0.15) is 0 Å². The van der Waals surface area contributed by atoms with Crippen molar-refractivity contribution in [3.8, 4) is 0 Å². The molecular formula is C7H5NOS. The second-order valence-electron chi connectivity index (χ2n) is 2.07. The van der Waals surface area contributed by atoms with E-state index in [0.717, 1.165) is 10.4 Å². The molecule has 10 heavy (non-hydrogen) atoms. The number of pyridine rings is 1. The first-order valence-corrected chi connectivity index (χ1v) is 4.17. The summed E-state index contributed by atoms with van der Waals surface area (Å²) in [5.41, 5.74) is 0. The van der Waals surface area contributed by atoms with Crippen LogP contribution in [0, 0.1) is 0 Å². The van der Waals surface area contributed by atoms with Crippen LogP contribution in [0.3, 0.4) is 0 Å². The van der Waals surface area contributed by atoms with E-state index >= 15 is 0 Å². The maximum Gasteiger partial charge on any atom is 0.0715 e. The minimum Gasteiger partial charge on any atom is -0.264 e. The Labute approximate surface area is 60.4 Å². The van der Waals surface area contributed by atoms with Crippen LogP contribution in [0.25, 0.3) is 10.8 Å². The third-order valence-electron chi connectivity index (χ3n) is 1.37. The molecule has 0 saturated carbocycles. The molecule has 0 radical (unpaired) electrons. The normalized spacial score (nSPS) is 21.0. The molecule has 1 aromatic rings. The van der Waals surface area contributed by atoms with Crippen LogP contribution in [0.2, 0.25) is 0 Å². The van der Waals surface area contributed by atoms with Crippen molar-refractivity contribution in [1.82, 2.24) is 4.98 Å². The Morgan fingerprint density at radius 3 is 2.90 bits per heavy atom. The van der Waals surface area contributed by atoms with Crippen molar-refractivity contribution in [2.24, 2.45) is 0 Å². The average molecular weight is 151 g/mol. The van der Waals surface area contributed by atoms with E-state index in [9.17, 15) is 4.21 Å². The lowest BCUT2D eigenvalue weighted by Crippen LogP contribution is -2.20. The Morgan fingerprint density at radius 1 is 1.30 bits per heavy atom. The summed E-state index contributed by atoms with van der Waals surface area (Å²) in [6.07, 6.45) is 3.42. The molecule has 0 N–H and O–H groups in total. The molecule has 2 heterocycles. The van der Waals surface area contributed by atoms with Gasteiger partial charge in [-0.05, 0) is 11.3 Å². The van der Waals surface area contributed by atoms with Crippen molar-refractivity contribution in [2.75, 3.05) is 0 Å². The Hall–Kier alpha value is -0.960. The number of hydrogen-bond donors (Lipinski definition) is 0. The van der Waals surface area contributed by atoms with Gasteiger partial charge in [0.1, 0.15) is 0 Å². The second-order valence-corrected chi connectivity index (χ2v) is 3.20. The lowest BCUT2D eigenvalue weighted by atomic mass is 10.3. The zero-order valence-electron chi connectivity index (χ0n) is 5.15. The number of aromatic nitrogens is 1. The van der Waals surface area contributed by atoms with Crippen LogP contribution in [0.5, 0.6) is 0 Å². The lowest BCUT2D eigenvalue weighted by Gasteiger charge is -1.78. The van der Waals surface area contributed by atoms with Crippen molar-refractivity contribution in [3.63, 3.8) is 0 Å². The summed E-state index contributed by atoms with van der Waals surface area (Å²) in [6, 6.07) is 1.86. The third-order valence-corrected chi connectivity index (χ3v) is 2.35. The topological polar surface area (TPSA) is 30.0 Å². The van der Waals surface area contributed by atoms with Gasteiger partial charge in [0.05, 0.1) is 10.8 Å². The van der Waals surface area contributed by atoms with Crippen LogP contribution in [0.4, 0.5) is 0 Å². The van der Waals surface area contributed by atoms with Crippen LogP contribution in [0.15, 0.2) is 18.5 Å². The van der Waals surface area contributed by atoms with Gasteiger partial charge in [-0.1, -0.05) is 0 Å². The Morgan fingerprint density at radius 2 is 2.10 bits per heavy atom. The Balaban J connectivity index is 2.96. The third kappa shape index (κ3) is 0.789. The van der Waals surface area contributed by atoms with E-state index in [2.05, 4.69) is 4.98 Å². The molecule has 3 heteroatoms. The van der Waals surface area contributed by atoms with E-state index in [-0.39, 0.29) is 0 Å². The van der Waals surface area contributed by atoms with E-state index < -0.39 is 10.8 Å². The van der Waals surface area contributed by atoms with Crippen molar-refractivity contribution in [1.29, 1.82) is 0 Å². The SMILES string of the molecule is O=S1C=c2ccncc2=C1. The first-order valence-electron chi connectivity index (χ1n) is 2.89. The fraction of sp³-hybridized carbons (Fsp3) is 0. The van der Waals surface area contributed by atoms with Crippen molar-refractivity contribution < 1.29 is 4.21 Å². The molecule has 1 atom stereocenters. The summed E-state index contributed by atoms with van der Waals surface area (Å²) in [5.74, 6) is 0. The van der Waals surface area contributed by atoms with Crippen molar-refractivity contribution in [3.05, 3.63) is 28.9 Å². The average Bonchev–Trinajstić information content (AvgIpc) is 2.27. The van der Waals surface area contributed by atoms with Crippen LogP contribution < -0.4 is 10.4 Å². The van der Waals surface area contributed by atoms with Gasteiger partial charge in [-0.3, -0.25) is 9.19 Å². The molecule has 1 unspecified atom stereocenters. The highest BCUT2D eigenvalue weighted by Gasteiger charge is 1.97. The molecule has 2 nitrogen and oxygen atoms in total. The molecule has 0 fully saturated rings. The summed E-state index contributed by atoms with van der Waals surface area (Å²) < 4.78 is 10.9. The van der Waals surface area contributed by atoms with E-state index in [1.165, 1.54) is 0 Å². The van der Waals surface area contributed by atoms with E-state index in [0.29, 0.717) is 0 Å². The van der Waals surface area contributed by atoms with Crippen LogP contribution in [0.1, 0.15) is 0 Å². The van der Waals surface area contributed by atoms with Gasteiger partial charge in [0, 0.05) is 28.4 Å². The maximum atomic E-state index is 10.9. The predicted octanol–water partition coefficient (Wildman–Crippen LogP) is -0.680. The van der Waals surface area contributed by atoms with Crippen molar-refractivity contribution in [2.45, 2.75) is 0 Å². The van der Waals surface area contributed by atoms with E-state index in [1.54, 1.807) is 23.2 Å². The van der Waals surface area contributed by atoms with Gasteiger partial charge >= 0.3 is 0 Å². The number of nitrogens with zero attached hydrogens (tertiary/aromatic N) is 1. The van der Waals surface area contributed by atoms with Gasteiger partial charge in [-0.15, -0.1) is 0 Å². The number of fused-ring (bicyclic) bond motifs is 1. The minimum absolute atomic E-state index is 0.909. The Bertz CT molecular complexity index is 359. The molecule has 0 spiro atoms. The zero-order chi connectivity index (χ0) is 6.97. The highest BCUT2D eigenvalue weighted by Crippen LogP contribution is 1.88. The second kappa shape index (κ2) is 2.02. The maximum absolute atomic E-state index is 10.9. The highest BCUT2D eigenvalue weighted by atomic mass is 32.2. The van der Waals surface area contributed by atoms with Gasteiger partial charge in [0.25, 0.3) is 0 Å². The molecular weight excluding hydrogens is 146 g/mol. The van der Waals surface area contributed by atoms with Crippen LogP contribution >= 0.6 is 0 Å². The van der Waals surface area contributed by atoms with Gasteiger partial charge in [0.2, 0.25) is 0 Å². The summed E-state index contributed by atoms with van der Waals surface area (Å²) in [6.45, 7) is 0. The number of hydrogen-bond acceptors (Lipinski definition) is 2. The first kappa shape index (κ1) is 5.80. The predicted molar refractivity (Wildman–Crippen MR) is 40.6 cm³/mol. The molecule has 0 bridgehead atoms. The first-order chi connectivity index (χ1) is 4.86. The van der Waals surface area contributed by atoms with Crippen LogP contribution in [-0.2, 0) is 10.8 Å². The minimum atomic E-state index is -0.909. The molecule has 0 aliphatic carbocycles. The zero-order valence-corrected chi connectivity index (χ0v) is 5.97. The molecule has 0 aromatic carbocycles. The summed E-state index contributed by atoms with van der Waals surface area (Å²) >= 11 is 0. The fourth-order valence-electron chi connectivity index (χ4n) is 0.908. The molecule has 0 saturated heterocycles. The molecule has 1 aliphatic heterocycles. The smallest absolute Gasteiger partial charge is 0.0715 e. The summed E-state index contributed by atoms with van der Waals surface area (Å²) in [4.78, 5) is 3.91. The van der Waals surface area contributed by atoms with Crippen LogP contribution in [-0.4, -0.2) is 9.19 Å². The van der Waals surface area contributed by atoms with Gasteiger partial charge < -0.3 is 0 Å². The fourth-order valence-corrected chi connectivity index (χ4v) is 1.89. The summed E-state index contributed by atoms with van der Waals surface area (Å²) in [5, 5.41) is 5.41. The molecule has 2 rings (SSSR count). The van der Waals surface area contributed by atoms with E-state index in [1.807, 2.05) is 6.07 Å². The monoisotopic (exact) mass is 151 g/mol. The van der Waals surface area contributed by atoms with E-state index in [4.69, 9.17) is 0 Å². The van der Waals surface area contributed by atoms with Gasteiger partial charge in [-0.25, -0.2) is 0 Å². The summed E-state index contributed by atoms with van der Waals surface area (Å²) in [7, 11) is -0.909. The van der Waals surface area contributed by atoms with Gasteiger partial charge in [0.15, 0.2) is 0 Å².